The van der Waals surface area contributed by atoms with Crippen LogP contribution in [-0.2, 0) is 13.0 Å². The normalized spacial score (nSPS) is 17.2. The maximum atomic E-state index is 12.3. The molecule has 0 spiro atoms. The molecule has 2 aromatic rings. The fourth-order valence-electron chi connectivity index (χ4n) is 3.03. The first kappa shape index (κ1) is 14.6. The van der Waals surface area contributed by atoms with Gasteiger partial charge in [0.15, 0.2) is 0 Å². The Morgan fingerprint density at radius 3 is 2.86 bits per heavy atom. The minimum atomic E-state index is -0.572. The van der Waals surface area contributed by atoms with Gasteiger partial charge in [-0.2, -0.15) is 0 Å². The van der Waals surface area contributed by atoms with Crippen molar-refractivity contribution in [3.8, 4) is 5.88 Å². The number of aromatic nitrogens is 2. The lowest BCUT2D eigenvalue weighted by molar-refractivity contribution is 0.382. The van der Waals surface area contributed by atoms with Gasteiger partial charge < -0.3 is 10.4 Å². The Morgan fingerprint density at radius 1 is 1.32 bits per heavy atom. The minimum absolute atomic E-state index is 0.209. The molecule has 22 heavy (non-hydrogen) atoms. The average Bonchev–Trinajstić information content (AvgIpc) is 2.51. The van der Waals surface area contributed by atoms with Gasteiger partial charge in [-0.25, -0.2) is 4.79 Å². The molecule has 3 N–H and O–H groups in total. The van der Waals surface area contributed by atoms with Gasteiger partial charge in [-0.15, -0.1) is 0 Å². The highest BCUT2D eigenvalue weighted by molar-refractivity contribution is 5.41. The molecule has 1 unspecified atom stereocenters. The molecule has 1 aromatic heterocycles. The monoisotopic (exact) mass is 301 g/mol. The summed E-state index contributed by atoms with van der Waals surface area (Å²) in [5, 5.41) is 13.7. The van der Waals surface area contributed by atoms with Crippen molar-refractivity contribution in [2.24, 2.45) is 0 Å². The van der Waals surface area contributed by atoms with Crippen LogP contribution >= 0.6 is 0 Å². The van der Waals surface area contributed by atoms with Gasteiger partial charge in [-0.1, -0.05) is 31.2 Å². The summed E-state index contributed by atoms with van der Waals surface area (Å²) in [4.78, 5) is 26.4. The summed E-state index contributed by atoms with van der Waals surface area (Å²) < 4.78 is 1.22. The van der Waals surface area contributed by atoms with E-state index in [1.165, 1.54) is 4.57 Å². The van der Waals surface area contributed by atoms with Crippen molar-refractivity contribution in [3.63, 3.8) is 0 Å². The zero-order valence-corrected chi connectivity index (χ0v) is 12.4. The van der Waals surface area contributed by atoms with E-state index in [0.717, 1.165) is 17.5 Å². The Hall–Kier alpha value is -2.34. The lowest BCUT2D eigenvalue weighted by Crippen LogP contribution is -2.39. The van der Waals surface area contributed by atoms with E-state index in [-0.39, 0.29) is 11.4 Å². The number of hydrogen-bond donors (Lipinski definition) is 3. The highest BCUT2D eigenvalue weighted by Crippen LogP contribution is 2.30. The third-order valence-electron chi connectivity index (χ3n) is 4.05. The predicted octanol–water partition coefficient (Wildman–Crippen LogP) is 0.887. The van der Waals surface area contributed by atoms with E-state index < -0.39 is 17.3 Å². The van der Waals surface area contributed by atoms with Crippen molar-refractivity contribution < 1.29 is 5.11 Å². The second-order valence-corrected chi connectivity index (χ2v) is 5.48. The first-order chi connectivity index (χ1) is 10.6. The number of aromatic hydroxyl groups is 1. The smallest absolute Gasteiger partial charge is 0.331 e. The zero-order valence-electron chi connectivity index (χ0n) is 12.4. The summed E-state index contributed by atoms with van der Waals surface area (Å²) in [6.07, 6.45) is 1.56. The molecule has 0 fully saturated rings. The summed E-state index contributed by atoms with van der Waals surface area (Å²) in [6.45, 7) is 2.99. The molecular formula is C16H19N3O3. The topological polar surface area (TPSA) is 87.1 Å². The van der Waals surface area contributed by atoms with Crippen LogP contribution < -0.4 is 16.6 Å². The first-order valence-electron chi connectivity index (χ1n) is 7.50. The van der Waals surface area contributed by atoms with E-state index in [2.05, 4.69) is 10.3 Å². The number of benzene rings is 1. The summed E-state index contributed by atoms with van der Waals surface area (Å²) in [6, 6.07) is 7.43. The van der Waals surface area contributed by atoms with Crippen LogP contribution in [0, 0.1) is 0 Å². The minimum Gasteiger partial charge on any atom is -0.494 e. The number of H-pyrrole nitrogens is 1. The highest BCUT2D eigenvalue weighted by Gasteiger charge is 2.27. The quantitative estimate of drug-likeness (QED) is 0.785. The molecule has 0 saturated heterocycles. The predicted molar refractivity (Wildman–Crippen MR) is 83.3 cm³/mol. The van der Waals surface area contributed by atoms with Crippen molar-refractivity contribution in [2.45, 2.75) is 32.4 Å². The zero-order chi connectivity index (χ0) is 15.7. The Morgan fingerprint density at radius 2 is 2.09 bits per heavy atom. The van der Waals surface area contributed by atoms with E-state index in [4.69, 9.17) is 0 Å². The van der Waals surface area contributed by atoms with Crippen LogP contribution in [0.5, 0.6) is 5.88 Å². The third-order valence-corrected chi connectivity index (χ3v) is 4.05. The van der Waals surface area contributed by atoms with E-state index in [0.29, 0.717) is 19.5 Å². The summed E-state index contributed by atoms with van der Waals surface area (Å²) in [7, 11) is 0. The van der Waals surface area contributed by atoms with Crippen molar-refractivity contribution in [2.75, 3.05) is 6.54 Å². The third kappa shape index (κ3) is 2.35. The van der Waals surface area contributed by atoms with E-state index >= 15 is 0 Å². The van der Waals surface area contributed by atoms with Gasteiger partial charge >= 0.3 is 5.69 Å². The van der Waals surface area contributed by atoms with Gasteiger partial charge in [-0.3, -0.25) is 14.3 Å². The molecule has 3 rings (SSSR count). The van der Waals surface area contributed by atoms with Gasteiger partial charge in [0.05, 0.1) is 11.6 Å². The Bertz CT molecular complexity index is 807. The van der Waals surface area contributed by atoms with Crippen LogP contribution in [0.1, 0.15) is 36.1 Å². The van der Waals surface area contributed by atoms with Crippen molar-refractivity contribution in [1.82, 2.24) is 14.9 Å². The van der Waals surface area contributed by atoms with Crippen LogP contribution in [-0.4, -0.2) is 21.2 Å². The van der Waals surface area contributed by atoms with Gasteiger partial charge in [0.1, 0.15) is 0 Å². The molecule has 0 saturated carbocycles. The molecule has 6 heteroatoms. The van der Waals surface area contributed by atoms with E-state index in [9.17, 15) is 14.7 Å². The molecule has 1 aliphatic heterocycles. The molecule has 1 atom stereocenters. The molecule has 0 bridgehead atoms. The average molecular weight is 301 g/mol. The molecule has 0 radical (unpaired) electrons. The summed E-state index contributed by atoms with van der Waals surface area (Å²) in [5.74, 6) is -0.246. The second-order valence-electron chi connectivity index (χ2n) is 5.48. The fraction of sp³-hybridized carbons (Fsp3) is 0.375. The Kier molecular flexibility index (Phi) is 3.85. The van der Waals surface area contributed by atoms with Gasteiger partial charge in [0.25, 0.3) is 5.56 Å². The molecule has 0 aliphatic carbocycles. The molecule has 2 heterocycles. The maximum absolute atomic E-state index is 12.3. The highest BCUT2D eigenvalue weighted by atomic mass is 16.3. The summed E-state index contributed by atoms with van der Waals surface area (Å²) >= 11 is 0. The largest absolute Gasteiger partial charge is 0.494 e. The number of nitrogens with one attached hydrogen (secondary N) is 2. The fourth-order valence-corrected chi connectivity index (χ4v) is 3.03. The first-order valence-corrected chi connectivity index (χ1v) is 7.50. The molecule has 116 valence electrons. The van der Waals surface area contributed by atoms with Crippen LogP contribution in [0.4, 0.5) is 0 Å². The van der Waals surface area contributed by atoms with Crippen LogP contribution in [0.15, 0.2) is 33.9 Å². The number of hydrogen-bond acceptors (Lipinski definition) is 4. The van der Waals surface area contributed by atoms with Crippen LogP contribution in [0.25, 0.3) is 0 Å². The van der Waals surface area contributed by atoms with Crippen molar-refractivity contribution in [1.29, 1.82) is 0 Å². The summed E-state index contributed by atoms with van der Waals surface area (Å²) in [5.41, 5.74) is 1.22. The standard InChI is InChI=1S/C16H19N3O3/c1-2-9-19-15(21)12(14(20)18-16(19)22)13-11-6-4-3-5-10(11)7-8-17-13/h3-6,13,17,21H,2,7-9H2,1H3,(H,18,20,22). The molecule has 6 nitrogen and oxygen atoms in total. The lowest BCUT2D eigenvalue weighted by Gasteiger charge is -2.27. The maximum Gasteiger partial charge on any atom is 0.331 e. The van der Waals surface area contributed by atoms with Gasteiger partial charge in [-0.05, 0) is 24.0 Å². The number of rotatable bonds is 3. The van der Waals surface area contributed by atoms with Crippen molar-refractivity contribution in [3.05, 3.63) is 61.8 Å². The van der Waals surface area contributed by atoms with Crippen LogP contribution in [0.3, 0.4) is 0 Å². The van der Waals surface area contributed by atoms with Gasteiger partial charge in [0, 0.05) is 13.1 Å². The molecule has 1 aromatic carbocycles. The van der Waals surface area contributed by atoms with Gasteiger partial charge in [0.2, 0.25) is 5.88 Å². The van der Waals surface area contributed by atoms with Crippen LogP contribution in [0.2, 0.25) is 0 Å². The number of fused-ring (bicyclic) bond motifs is 1. The number of nitrogens with zero attached hydrogens (tertiary/aromatic N) is 1. The SMILES string of the molecule is CCCn1c(O)c(C2NCCc3ccccc32)c(=O)[nH]c1=O. The molecular weight excluding hydrogens is 282 g/mol. The van der Waals surface area contributed by atoms with E-state index in [1.54, 1.807) is 0 Å². The lowest BCUT2D eigenvalue weighted by atomic mass is 9.91. The number of aromatic amines is 1. The van der Waals surface area contributed by atoms with E-state index in [1.807, 2.05) is 31.2 Å². The second kappa shape index (κ2) is 5.81. The Balaban J connectivity index is 2.20. The molecule has 0 amide bonds. The Labute approximate surface area is 127 Å². The molecule has 1 aliphatic rings. The van der Waals surface area contributed by atoms with Crippen molar-refractivity contribution >= 4 is 0 Å².